The predicted molar refractivity (Wildman–Crippen MR) is 88.1 cm³/mol. The average molecular weight is 337 g/mol. The predicted octanol–water partition coefficient (Wildman–Crippen LogP) is 2.20. The summed E-state index contributed by atoms with van der Waals surface area (Å²) in [6.45, 7) is 5.15. The van der Waals surface area contributed by atoms with Crippen LogP contribution in [0.1, 0.15) is 21.7 Å². The normalized spacial score (nSPS) is 19.2. The highest BCUT2D eigenvalue weighted by molar-refractivity contribution is 7.10. The van der Waals surface area contributed by atoms with E-state index < -0.39 is 0 Å². The number of morpholine rings is 1. The number of aryl methyl sites for hydroxylation is 1. The minimum atomic E-state index is -0.0162. The molecule has 0 spiro atoms. The Morgan fingerprint density at radius 3 is 3.18 bits per heavy atom. The Balaban J connectivity index is 1.48. The first-order chi connectivity index (χ1) is 10.7. The SMILES string of the molecule is Cc1csc([C@@H]2CN(CC(=O)NCc3cccs3)CCO2)n1. The van der Waals surface area contributed by atoms with E-state index in [2.05, 4.69) is 15.2 Å². The minimum absolute atomic E-state index is 0.0162. The second-order valence-electron chi connectivity index (χ2n) is 5.28. The van der Waals surface area contributed by atoms with E-state index in [0.29, 0.717) is 19.7 Å². The lowest BCUT2D eigenvalue weighted by Crippen LogP contribution is -2.44. The zero-order valence-corrected chi connectivity index (χ0v) is 14.1. The quantitative estimate of drug-likeness (QED) is 0.909. The number of thiophene rings is 1. The van der Waals surface area contributed by atoms with Crippen molar-refractivity contribution in [2.75, 3.05) is 26.2 Å². The van der Waals surface area contributed by atoms with E-state index in [9.17, 15) is 4.79 Å². The summed E-state index contributed by atoms with van der Waals surface area (Å²) in [6.07, 6.45) is -0.0162. The van der Waals surface area contributed by atoms with Crippen molar-refractivity contribution in [1.82, 2.24) is 15.2 Å². The Labute approximate surface area is 137 Å². The van der Waals surface area contributed by atoms with Crippen LogP contribution in [0.2, 0.25) is 0 Å². The van der Waals surface area contributed by atoms with Crippen LogP contribution in [0.3, 0.4) is 0 Å². The molecular formula is C15H19N3O2S2. The van der Waals surface area contributed by atoms with E-state index in [1.54, 1.807) is 22.7 Å². The van der Waals surface area contributed by atoms with Gasteiger partial charge in [-0.3, -0.25) is 9.69 Å². The van der Waals surface area contributed by atoms with Crippen LogP contribution in [0.25, 0.3) is 0 Å². The molecule has 0 aliphatic carbocycles. The second-order valence-corrected chi connectivity index (χ2v) is 7.20. The number of thiazole rings is 1. The van der Waals surface area contributed by atoms with E-state index in [4.69, 9.17) is 4.74 Å². The van der Waals surface area contributed by atoms with Gasteiger partial charge in [0.15, 0.2) is 0 Å². The van der Waals surface area contributed by atoms with Gasteiger partial charge in [-0.05, 0) is 18.4 Å². The lowest BCUT2D eigenvalue weighted by Gasteiger charge is -2.31. The Kier molecular flexibility index (Phi) is 5.20. The summed E-state index contributed by atoms with van der Waals surface area (Å²) >= 11 is 3.28. The number of amides is 1. The lowest BCUT2D eigenvalue weighted by atomic mass is 10.2. The standard InChI is InChI=1S/C15H19N3O2S2/c1-11-10-22-15(17-11)13-8-18(4-5-20-13)9-14(19)16-7-12-3-2-6-21-12/h2-3,6,10,13H,4-5,7-9H2,1H3,(H,16,19)/t13-/m0/s1. The molecule has 1 fully saturated rings. The van der Waals surface area contributed by atoms with Gasteiger partial charge in [0.05, 0.1) is 19.7 Å². The summed E-state index contributed by atoms with van der Waals surface area (Å²) in [5.41, 5.74) is 1.02. The van der Waals surface area contributed by atoms with E-state index in [1.807, 2.05) is 29.8 Å². The third-order valence-electron chi connectivity index (χ3n) is 3.47. The van der Waals surface area contributed by atoms with Crippen LogP contribution in [-0.4, -0.2) is 42.0 Å². The van der Waals surface area contributed by atoms with Crippen LogP contribution >= 0.6 is 22.7 Å². The van der Waals surface area contributed by atoms with Crippen LogP contribution in [0.4, 0.5) is 0 Å². The first-order valence-corrected chi connectivity index (χ1v) is 9.01. The third-order valence-corrected chi connectivity index (χ3v) is 5.40. The van der Waals surface area contributed by atoms with Crippen molar-refractivity contribution < 1.29 is 9.53 Å². The molecule has 1 aliphatic heterocycles. The second kappa shape index (κ2) is 7.32. The molecular weight excluding hydrogens is 318 g/mol. The molecule has 3 rings (SSSR count). The maximum Gasteiger partial charge on any atom is 0.234 e. The van der Waals surface area contributed by atoms with Crippen LogP contribution in [0, 0.1) is 6.92 Å². The Morgan fingerprint density at radius 2 is 2.45 bits per heavy atom. The molecule has 1 aliphatic rings. The number of hydrogen-bond donors (Lipinski definition) is 1. The Bertz CT molecular complexity index is 612. The van der Waals surface area contributed by atoms with Crippen molar-refractivity contribution in [3.63, 3.8) is 0 Å². The molecule has 0 unspecified atom stereocenters. The zero-order valence-electron chi connectivity index (χ0n) is 12.4. The van der Waals surface area contributed by atoms with Crippen LogP contribution < -0.4 is 5.32 Å². The molecule has 0 radical (unpaired) electrons. The van der Waals surface area contributed by atoms with Crippen molar-refractivity contribution in [3.05, 3.63) is 38.5 Å². The summed E-state index contributed by atoms with van der Waals surface area (Å²) < 4.78 is 5.78. The van der Waals surface area contributed by atoms with Gasteiger partial charge in [-0.15, -0.1) is 22.7 Å². The molecule has 3 heterocycles. The number of ether oxygens (including phenoxy) is 1. The molecule has 1 amide bonds. The lowest BCUT2D eigenvalue weighted by molar-refractivity contribution is -0.124. The largest absolute Gasteiger partial charge is 0.368 e. The van der Waals surface area contributed by atoms with E-state index in [-0.39, 0.29) is 12.0 Å². The van der Waals surface area contributed by atoms with E-state index in [0.717, 1.165) is 23.8 Å². The summed E-state index contributed by atoms with van der Waals surface area (Å²) in [6, 6.07) is 4.02. The number of nitrogens with one attached hydrogen (secondary N) is 1. The van der Waals surface area contributed by atoms with Gasteiger partial charge in [0, 0.05) is 29.0 Å². The van der Waals surface area contributed by atoms with Crippen molar-refractivity contribution in [2.45, 2.75) is 19.6 Å². The highest BCUT2D eigenvalue weighted by atomic mass is 32.1. The topological polar surface area (TPSA) is 54.5 Å². The molecule has 7 heteroatoms. The molecule has 1 N–H and O–H groups in total. The smallest absolute Gasteiger partial charge is 0.234 e. The first-order valence-electron chi connectivity index (χ1n) is 7.26. The maximum absolute atomic E-state index is 12.1. The summed E-state index contributed by atoms with van der Waals surface area (Å²) in [4.78, 5) is 19.8. The molecule has 2 aromatic rings. The van der Waals surface area contributed by atoms with Crippen LogP contribution in [0.5, 0.6) is 0 Å². The number of nitrogens with zero attached hydrogens (tertiary/aromatic N) is 2. The van der Waals surface area contributed by atoms with Gasteiger partial charge in [-0.25, -0.2) is 4.98 Å². The molecule has 118 valence electrons. The molecule has 22 heavy (non-hydrogen) atoms. The van der Waals surface area contributed by atoms with Gasteiger partial charge in [-0.1, -0.05) is 6.07 Å². The number of aromatic nitrogens is 1. The van der Waals surface area contributed by atoms with Gasteiger partial charge >= 0.3 is 0 Å². The fourth-order valence-corrected chi connectivity index (χ4v) is 3.85. The van der Waals surface area contributed by atoms with Crippen molar-refractivity contribution in [1.29, 1.82) is 0 Å². The fraction of sp³-hybridized carbons (Fsp3) is 0.467. The molecule has 1 atom stereocenters. The monoisotopic (exact) mass is 337 g/mol. The fourth-order valence-electron chi connectivity index (χ4n) is 2.37. The molecule has 1 saturated heterocycles. The summed E-state index contributed by atoms with van der Waals surface area (Å²) in [5, 5.41) is 8.02. The molecule has 2 aromatic heterocycles. The highest BCUT2D eigenvalue weighted by Crippen LogP contribution is 2.24. The summed E-state index contributed by atoms with van der Waals surface area (Å²) in [5.74, 6) is 0.0596. The Hall–Kier alpha value is -1.28. The number of carbonyl (C=O) groups excluding carboxylic acids is 1. The van der Waals surface area contributed by atoms with Crippen molar-refractivity contribution in [2.24, 2.45) is 0 Å². The Morgan fingerprint density at radius 1 is 1.55 bits per heavy atom. The maximum atomic E-state index is 12.1. The van der Waals surface area contributed by atoms with Gasteiger partial charge in [0.25, 0.3) is 0 Å². The number of rotatable bonds is 5. The van der Waals surface area contributed by atoms with Gasteiger partial charge in [0.1, 0.15) is 11.1 Å². The van der Waals surface area contributed by atoms with Crippen molar-refractivity contribution in [3.8, 4) is 0 Å². The van der Waals surface area contributed by atoms with Gasteiger partial charge in [0.2, 0.25) is 5.91 Å². The van der Waals surface area contributed by atoms with Crippen LogP contribution in [0.15, 0.2) is 22.9 Å². The zero-order chi connectivity index (χ0) is 15.4. The number of hydrogen-bond acceptors (Lipinski definition) is 6. The molecule has 0 bridgehead atoms. The number of carbonyl (C=O) groups is 1. The van der Waals surface area contributed by atoms with Crippen molar-refractivity contribution >= 4 is 28.6 Å². The first kappa shape index (κ1) is 15.6. The third kappa shape index (κ3) is 4.13. The average Bonchev–Trinajstić information content (AvgIpc) is 3.17. The van der Waals surface area contributed by atoms with Gasteiger partial charge in [-0.2, -0.15) is 0 Å². The summed E-state index contributed by atoms with van der Waals surface area (Å²) in [7, 11) is 0. The van der Waals surface area contributed by atoms with E-state index in [1.165, 1.54) is 4.88 Å². The van der Waals surface area contributed by atoms with Gasteiger partial charge < -0.3 is 10.1 Å². The minimum Gasteiger partial charge on any atom is -0.368 e. The van der Waals surface area contributed by atoms with E-state index >= 15 is 0 Å². The molecule has 0 aromatic carbocycles. The highest BCUT2D eigenvalue weighted by Gasteiger charge is 2.25. The molecule has 0 saturated carbocycles. The molecule has 5 nitrogen and oxygen atoms in total. The van der Waals surface area contributed by atoms with Crippen LogP contribution in [-0.2, 0) is 16.1 Å².